The molecular weight excluding hydrogens is 268 g/mol. The van der Waals surface area contributed by atoms with E-state index in [-0.39, 0.29) is 6.03 Å². The summed E-state index contributed by atoms with van der Waals surface area (Å²) in [5.41, 5.74) is 0.874. The first-order chi connectivity index (χ1) is 9.76. The Morgan fingerprint density at radius 1 is 1.35 bits per heavy atom. The molecule has 3 nitrogen and oxygen atoms in total. The van der Waals surface area contributed by atoms with Crippen LogP contribution in [0.4, 0.5) is 10.5 Å². The van der Waals surface area contributed by atoms with Gasteiger partial charge in [-0.05, 0) is 25.0 Å². The lowest BCUT2D eigenvalue weighted by atomic mass is 10.0. The maximum atomic E-state index is 12.5. The number of nitrogens with one attached hydrogen (secondary N) is 1. The summed E-state index contributed by atoms with van der Waals surface area (Å²) in [4.78, 5) is 14.6. The van der Waals surface area contributed by atoms with Crippen molar-refractivity contribution in [2.45, 2.75) is 44.4 Å². The minimum Gasteiger partial charge on any atom is -0.320 e. The summed E-state index contributed by atoms with van der Waals surface area (Å²) in [6.07, 6.45) is 3.34. The minimum absolute atomic E-state index is 0.0494. The quantitative estimate of drug-likeness (QED) is 0.901. The molecule has 1 N–H and O–H groups in total. The lowest BCUT2D eigenvalue weighted by Gasteiger charge is -2.40. The summed E-state index contributed by atoms with van der Waals surface area (Å²) in [5.74, 6) is 1.04. The molecular formula is C16H24N2OS. The predicted octanol–water partition coefficient (Wildman–Crippen LogP) is 4.21. The number of anilines is 1. The molecule has 1 aromatic rings. The Kier molecular flexibility index (Phi) is 5.77. The number of carbonyl (C=O) groups excluding carboxylic acids is 1. The van der Waals surface area contributed by atoms with Crippen molar-refractivity contribution in [1.29, 1.82) is 0 Å². The Morgan fingerprint density at radius 2 is 2.10 bits per heavy atom. The number of hydrogen-bond acceptors (Lipinski definition) is 2. The van der Waals surface area contributed by atoms with Crippen molar-refractivity contribution in [1.82, 2.24) is 4.90 Å². The summed E-state index contributed by atoms with van der Waals surface area (Å²) in [6.45, 7) is 5.27. The lowest BCUT2D eigenvalue weighted by molar-refractivity contribution is 0.182. The van der Waals surface area contributed by atoms with E-state index in [0.717, 1.165) is 37.2 Å². The van der Waals surface area contributed by atoms with E-state index in [9.17, 15) is 4.79 Å². The van der Waals surface area contributed by atoms with Crippen LogP contribution in [-0.2, 0) is 0 Å². The summed E-state index contributed by atoms with van der Waals surface area (Å²) in [5, 5.41) is 3.60. The van der Waals surface area contributed by atoms with Crippen LogP contribution in [0.3, 0.4) is 0 Å². The molecule has 2 atom stereocenters. The van der Waals surface area contributed by atoms with Gasteiger partial charge in [0.2, 0.25) is 0 Å². The first-order valence-electron chi connectivity index (χ1n) is 7.50. The van der Waals surface area contributed by atoms with Crippen molar-refractivity contribution in [3.8, 4) is 0 Å². The molecule has 110 valence electrons. The van der Waals surface area contributed by atoms with Crippen LogP contribution in [-0.4, -0.2) is 34.5 Å². The Bertz CT molecular complexity index is 424. The molecule has 2 unspecified atom stereocenters. The molecule has 0 spiro atoms. The molecule has 0 aromatic heterocycles. The fraction of sp³-hybridized carbons (Fsp3) is 0.562. The van der Waals surface area contributed by atoms with E-state index < -0.39 is 0 Å². The van der Waals surface area contributed by atoms with Crippen LogP contribution in [0.15, 0.2) is 30.3 Å². The minimum atomic E-state index is 0.0494. The van der Waals surface area contributed by atoms with Gasteiger partial charge in [-0.3, -0.25) is 0 Å². The average molecular weight is 292 g/mol. The molecule has 1 heterocycles. The zero-order valence-corrected chi connectivity index (χ0v) is 13.2. The molecule has 2 rings (SSSR count). The van der Waals surface area contributed by atoms with Crippen molar-refractivity contribution < 1.29 is 4.79 Å². The second-order valence-electron chi connectivity index (χ2n) is 5.16. The number of para-hydroxylation sites is 1. The standard InChI is InChI=1S/C16H24N2OS/c1-3-8-14-15(4-2)20-12-11-18(14)16(19)17-13-9-6-5-7-10-13/h5-7,9-10,14-15H,3-4,8,11-12H2,1-2H3,(H,17,19). The summed E-state index contributed by atoms with van der Waals surface area (Å²) in [7, 11) is 0. The van der Waals surface area contributed by atoms with E-state index in [2.05, 4.69) is 19.2 Å². The van der Waals surface area contributed by atoms with Gasteiger partial charge in [-0.2, -0.15) is 11.8 Å². The van der Waals surface area contributed by atoms with Crippen molar-refractivity contribution in [2.75, 3.05) is 17.6 Å². The highest BCUT2D eigenvalue weighted by Gasteiger charge is 2.33. The Balaban J connectivity index is 2.05. The van der Waals surface area contributed by atoms with Gasteiger partial charge in [0.25, 0.3) is 0 Å². The molecule has 1 saturated heterocycles. The van der Waals surface area contributed by atoms with Crippen LogP contribution < -0.4 is 5.32 Å². The summed E-state index contributed by atoms with van der Waals surface area (Å²) >= 11 is 2.02. The van der Waals surface area contributed by atoms with Gasteiger partial charge < -0.3 is 10.2 Å². The highest BCUT2D eigenvalue weighted by atomic mass is 32.2. The molecule has 1 fully saturated rings. The highest BCUT2D eigenvalue weighted by molar-refractivity contribution is 8.00. The smallest absolute Gasteiger partial charge is 0.320 e. The van der Waals surface area contributed by atoms with E-state index in [0.29, 0.717) is 11.3 Å². The van der Waals surface area contributed by atoms with Crippen LogP contribution >= 0.6 is 11.8 Å². The SMILES string of the molecule is CCCC1C(CC)SCCN1C(=O)Nc1ccccc1. The van der Waals surface area contributed by atoms with Crippen LogP contribution in [0.2, 0.25) is 0 Å². The van der Waals surface area contributed by atoms with Gasteiger partial charge in [-0.25, -0.2) is 4.79 Å². The Morgan fingerprint density at radius 3 is 2.75 bits per heavy atom. The van der Waals surface area contributed by atoms with Gasteiger partial charge in [-0.1, -0.05) is 38.5 Å². The van der Waals surface area contributed by atoms with E-state index in [1.807, 2.05) is 47.0 Å². The first kappa shape index (κ1) is 15.2. The van der Waals surface area contributed by atoms with Gasteiger partial charge in [0.1, 0.15) is 0 Å². The van der Waals surface area contributed by atoms with Crippen LogP contribution in [0.1, 0.15) is 33.1 Å². The number of thioether (sulfide) groups is 1. The highest BCUT2D eigenvalue weighted by Crippen LogP contribution is 2.30. The second-order valence-corrected chi connectivity index (χ2v) is 6.51. The molecule has 0 radical (unpaired) electrons. The fourth-order valence-electron chi connectivity index (χ4n) is 2.78. The molecule has 0 saturated carbocycles. The number of hydrogen-bond donors (Lipinski definition) is 1. The number of urea groups is 1. The predicted molar refractivity (Wildman–Crippen MR) is 87.4 cm³/mol. The maximum Gasteiger partial charge on any atom is 0.322 e. The first-order valence-corrected chi connectivity index (χ1v) is 8.55. The van der Waals surface area contributed by atoms with Gasteiger partial charge in [0.15, 0.2) is 0 Å². The van der Waals surface area contributed by atoms with Crippen molar-refractivity contribution >= 4 is 23.5 Å². The van der Waals surface area contributed by atoms with Crippen molar-refractivity contribution in [3.05, 3.63) is 30.3 Å². The third-order valence-corrected chi connectivity index (χ3v) is 5.26. The fourth-order valence-corrected chi connectivity index (χ4v) is 4.12. The van der Waals surface area contributed by atoms with Crippen LogP contribution in [0.5, 0.6) is 0 Å². The van der Waals surface area contributed by atoms with E-state index >= 15 is 0 Å². The molecule has 20 heavy (non-hydrogen) atoms. The molecule has 4 heteroatoms. The number of amides is 2. The molecule has 1 aromatic carbocycles. The third-order valence-electron chi connectivity index (χ3n) is 3.77. The second kappa shape index (κ2) is 7.58. The largest absolute Gasteiger partial charge is 0.322 e. The van der Waals surface area contributed by atoms with Crippen molar-refractivity contribution in [2.24, 2.45) is 0 Å². The van der Waals surface area contributed by atoms with Crippen LogP contribution in [0.25, 0.3) is 0 Å². The zero-order chi connectivity index (χ0) is 14.4. The van der Waals surface area contributed by atoms with Gasteiger partial charge in [0, 0.05) is 29.3 Å². The molecule has 0 aliphatic carbocycles. The number of benzene rings is 1. The Labute approximate surface area is 126 Å². The molecule has 1 aliphatic rings. The van der Waals surface area contributed by atoms with E-state index in [4.69, 9.17) is 0 Å². The summed E-state index contributed by atoms with van der Waals surface area (Å²) < 4.78 is 0. The van der Waals surface area contributed by atoms with E-state index in [1.165, 1.54) is 0 Å². The topological polar surface area (TPSA) is 32.3 Å². The van der Waals surface area contributed by atoms with Gasteiger partial charge >= 0.3 is 6.03 Å². The molecule has 1 aliphatic heterocycles. The lowest BCUT2D eigenvalue weighted by Crippen LogP contribution is -2.51. The zero-order valence-electron chi connectivity index (χ0n) is 12.3. The molecule has 0 bridgehead atoms. The Hall–Kier alpha value is -1.16. The number of rotatable bonds is 4. The normalized spacial score (nSPS) is 22.6. The maximum absolute atomic E-state index is 12.5. The van der Waals surface area contributed by atoms with Crippen LogP contribution in [0, 0.1) is 0 Å². The van der Waals surface area contributed by atoms with Gasteiger partial charge in [-0.15, -0.1) is 0 Å². The van der Waals surface area contributed by atoms with Gasteiger partial charge in [0.05, 0.1) is 0 Å². The third kappa shape index (κ3) is 3.69. The van der Waals surface area contributed by atoms with Crippen molar-refractivity contribution in [3.63, 3.8) is 0 Å². The number of carbonyl (C=O) groups is 1. The monoisotopic (exact) mass is 292 g/mol. The summed E-state index contributed by atoms with van der Waals surface area (Å²) in [6, 6.07) is 10.1. The average Bonchev–Trinajstić information content (AvgIpc) is 2.48. The van der Waals surface area contributed by atoms with E-state index in [1.54, 1.807) is 0 Å². The number of nitrogens with zero attached hydrogens (tertiary/aromatic N) is 1. The molecule has 2 amide bonds.